The highest BCUT2D eigenvalue weighted by atomic mass is 32.2. The van der Waals surface area contributed by atoms with Gasteiger partial charge in [0.05, 0.1) is 25.0 Å². The average Bonchev–Trinajstić information content (AvgIpc) is 3.42. The van der Waals surface area contributed by atoms with Crippen molar-refractivity contribution in [1.29, 1.82) is 0 Å². The predicted octanol–water partition coefficient (Wildman–Crippen LogP) is 2.79. The predicted molar refractivity (Wildman–Crippen MR) is 119 cm³/mol. The first-order chi connectivity index (χ1) is 15.3. The number of hydrogen-bond donors (Lipinski definition) is 1. The second kappa shape index (κ2) is 7.68. The van der Waals surface area contributed by atoms with E-state index in [1.807, 2.05) is 30.1 Å². The van der Waals surface area contributed by atoms with Gasteiger partial charge in [-0.2, -0.15) is 4.31 Å². The highest BCUT2D eigenvalue weighted by molar-refractivity contribution is 7.89. The van der Waals surface area contributed by atoms with Crippen LogP contribution in [0.4, 0.5) is 10.1 Å². The number of likely N-dealkylation sites (N-methyl/N-ethyl adjacent to an activating group) is 1. The van der Waals surface area contributed by atoms with Gasteiger partial charge in [0, 0.05) is 44.0 Å². The van der Waals surface area contributed by atoms with E-state index in [4.69, 9.17) is 0 Å². The molecule has 5 rings (SSSR count). The fourth-order valence-corrected chi connectivity index (χ4v) is 6.82. The molecule has 3 aromatic rings. The number of aliphatic hydroxyl groups is 1. The zero-order valence-corrected chi connectivity index (χ0v) is 18.7. The van der Waals surface area contributed by atoms with Crippen LogP contribution >= 0.6 is 0 Å². The lowest BCUT2D eigenvalue weighted by Crippen LogP contribution is -2.48. The summed E-state index contributed by atoms with van der Waals surface area (Å²) in [6, 6.07) is 11.5. The second-order valence-corrected chi connectivity index (χ2v) is 10.3. The first kappa shape index (κ1) is 21.1. The Morgan fingerprint density at radius 1 is 1.19 bits per heavy atom. The summed E-state index contributed by atoms with van der Waals surface area (Å²) in [5.74, 6) is -0.419. The quantitative estimate of drug-likeness (QED) is 0.653. The fraction of sp³-hybridized carbons (Fsp3) is 0.348. The molecule has 3 heterocycles. The van der Waals surface area contributed by atoms with Gasteiger partial charge in [-0.3, -0.25) is 0 Å². The summed E-state index contributed by atoms with van der Waals surface area (Å²) in [4.78, 5) is 6.09. The molecule has 1 fully saturated rings. The molecule has 7 nitrogen and oxygen atoms in total. The molecule has 32 heavy (non-hydrogen) atoms. The summed E-state index contributed by atoms with van der Waals surface area (Å²) in [7, 11) is -0.199. The maximum Gasteiger partial charge on any atom is 0.262 e. The van der Waals surface area contributed by atoms with Gasteiger partial charge in [0.25, 0.3) is 10.0 Å². The average molecular weight is 457 g/mol. The minimum Gasteiger partial charge on any atom is -0.394 e. The Kier molecular flexibility index (Phi) is 5.07. The van der Waals surface area contributed by atoms with E-state index in [1.54, 1.807) is 29.8 Å². The van der Waals surface area contributed by atoms with Gasteiger partial charge < -0.3 is 14.6 Å². The Morgan fingerprint density at radius 2 is 1.97 bits per heavy atom. The van der Waals surface area contributed by atoms with Crippen LogP contribution in [0.25, 0.3) is 11.1 Å². The Balaban J connectivity index is 1.66. The highest BCUT2D eigenvalue weighted by Crippen LogP contribution is 2.51. The van der Waals surface area contributed by atoms with Crippen molar-refractivity contribution in [3.63, 3.8) is 0 Å². The first-order valence-electron chi connectivity index (χ1n) is 10.6. The molecule has 0 bridgehead atoms. The molecule has 2 aliphatic heterocycles. The molecule has 1 saturated heterocycles. The van der Waals surface area contributed by atoms with Crippen LogP contribution in [-0.2, 0) is 17.1 Å². The van der Waals surface area contributed by atoms with Crippen LogP contribution in [0.5, 0.6) is 0 Å². The monoisotopic (exact) mass is 456 g/mol. The molecule has 2 aliphatic rings. The largest absolute Gasteiger partial charge is 0.394 e. The molecule has 0 saturated carbocycles. The SMILES string of the molecule is CN1c2ccc(-c3ccccc3F)cc2[C@@H]2[C@@H](CCN2S(=O)(=O)c2cn(C)cn2)[C@H]1CO. The smallest absolute Gasteiger partial charge is 0.262 e. The third-order valence-corrected chi connectivity index (χ3v) is 8.51. The van der Waals surface area contributed by atoms with Crippen molar-refractivity contribution in [1.82, 2.24) is 13.9 Å². The fourth-order valence-electron chi connectivity index (χ4n) is 5.19. The van der Waals surface area contributed by atoms with Gasteiger partial charge >= 0.3 is 0 Å². The summed E-state index contributed by atoms with van der Waals surface area (Å²) >= 11 is 0. The zero-order chi connectivity index (χ0) is 22.6. The Morgan fingerprint density at radius 3 is 2.66 bits per heavy atom. The van der Waals surface area contributed by atoms with Gasteiger partial charge in [-0.05, 0) is 35.7 Å². The molecule has 1 N–H and O–H groups in total. The lowest BCUT2D eigenvalue weighted by Gasteiger charge is -2.44. The van der Waals surface area contributed by atoms with Crippen LogP contribution in [-0.4, -0.2) is 53.6 Å². The van der Waals surface area contributed by atoms with Crippen LogP contribution in [0.15, 0.2) is 60.0 Å². The number of nitrogens with zero attached hydrogens (tertiary/aromatic N) is 4. The topological polar surface area (TPSA) is 78.7 Å². The minimum atomic E-state index is -3.84. The number of sulfonamides is 1. The second-order valence-electron chi connectivity index (χ2n) is 8.50. The number of aliphatic hydroxyl groups excluding tert-OH is 1. The minimum absolute atomic E-state index is 0.00642. The van der Waals surface area contributed by atoms with Crippen LogP contribution in [0, 0.1) is 11.7 Å². The highest BCUT2D eigenvalue weighted by Gasteiger charge is 2.50. The lowest BCUT2D eigenvalue weighted by atomic mass is 9.81. The number of anilines is 1. The van der Waals surface area contributed by atoms with Gasteiger partial charge in [-0.15, -0.1) is 0 Å². The Bertz CT molecular complexity index is 1280. The maximum absolute atomic E-state index is 14.5. The third kappa shape index (κ3) is 3.15. The molecule has 3 atom stereocenters. The molecule has 0 spiro atoms. The molecule has 168 valence electrons. The van der Waals surface area contributed by atoms with Crippen molar-refractivity contribution in [3.8, 4) is 11.1 Å². The zero-order valence-electron chi connectivity index (χ0n) is 17.9. The number of aryl methyl sites for hydroxylation is 1. The Hall–Kier alpha value is -2.75. The number of hydrogen-bond acceptors (Lipinski definition) is 5. The van der Waals surface area contributed by atoms with Crippen molar-refractivity contribution >= 4 is 15.7 Å². The van der Waals surface area contributed by atoms with E-state index in [0.29, 0.717) is 24.1 Å². The number of halogens is 1. The normalized spacial score (nSPS) is 23.2. The van der Waals surface area contributed by atoms with E-state index >= 15 is 0 Å². The summed E-state index contributed by atoms with van der Waals surface area (Å²) in [5.41, 5.74) is 2.82. The first-order valence-corrected chi connectivity index (χ1v) is 12.0. The molecule has 1 aromatic heterocycles. The van der Waals surface area contributed by atoms with E-state index in [-0.39, 0.29) is 29.4 Å². The van der Waals surface area contributed by atoms with E-state index in [9.17, 15) is 17.9 Å². The summed E-state index contributed by atoms with van der Waals surface area (Å²) in [6.07, 6.45) is 3.59. The van der Waals surface area contributed by atoms with E-state index in [2.05, 4.69) is 4.98 Å². The summed E-state index contributed by atoms with van der Waals surface area (Å²) in [5, 5.41) is 10.1. The maximum atomic E-state index is 14.5. The molecule has 0 unspecified atom stereocenters. The van der Waals surface area contributed by atoms with Gasteiger partial charge in [0.2, 0.25) is 0 Å². The lowest BCUT2D eigenvalue weighted by molar-refractivity contribution is 0.193. The van der Waals surface area contributed by atoms with Gasteiger partial charge in [-0.1, -0.05) is 24.3 Å². The van der Waals surface area contributed by atoms with Crippen LogP contribution in [0.3, 0.4) is 0 Å². The molecule has 0 aliphatic carbocycles. The van der Waals surface area contributed by atoms with Gasteiger partial charge in [-0.25, -0.2) is 17.8 Å². The molecular formula is C23H25FN4O3S. The number of fused-ring (bicyclic) bond motifs is 3. The van der Waals surface area contributed by atoms with E-state index in [0.717, 1.165) is 11.3 Å². The van der Waals surface area contributed by atoms with Crippen molar-refractivity contribution in [2.75, 3.05) is 25.1 Å². The van der Waals surface area contributed by atoms with Crippen LogP contribution in [0.2, 0.25) is 0 Å². The standard InChI is InChI=1S/C23H25FN4O3S/c1-26-12-22(25-14-26)32(30,31)28-10-9-17-21(13-29)27(2)20-8-7-15(11-18(20)23(17)28)16-5-3-4-6-19(16)24/h3-8,11-12,14,17,21,23,29H,9-10,13H2,1-2H3/t17-,21+,23-/m0/s1. The number of benzene rings is 2. The number of rotatable bonds is 4. The van der Waals surface area contributed by atoms with Crippen molar-refractivity contribution in [2.45, 2.75) is 23.5 Å². The molecule has 0 radical (unpaired) electrons. The van der Waals surface area contributed by atoms with Gasteiger partial charge in [0.1, 0.15) is 5.82 Å². The van der Waals surface area contributed by atoms with Crippen LogP contribution < -0.4 is 4.90 Å². The molecule has 9 heteroatoms. The van der Waals surface area contributed by atoms with E-state index < -0.39 is 16.1 Å². The summed E-state index contributed by atoms with van der Waals surface area (Å²) < 4.78 is 44.6. The third-order valence-electron chi connectivity index (χ3n) is 6.74. The van der Waals surface area contributed by atoms with Crippen molar-refractivity contribution < 1.29 is 17.9 Å². The van der Waals surface area contributed by atoms with Crippen molar-refractivity contribution in [3.05, 3.63) is 66.4 Å². The molecule has 2 aromatic carbocycles. The summed E-state index contributed by atoms with van der Waals surface area (Å²) in [6.45, 7) is 0.256. The van der Waals surface area contributed by atoms with Crippen LogP contribution in [0.1, 0.15) is 18.0 Å². The number of imidazole rings is 1. The molecule has 0 amide bonds. The number of aromatic nitrogens is 2. The van der Waals surface area contributed by atoms with Gasteiger partial charge in [0.15, 0.2) is 5.03 Å². The van der Waals surface area contributed by atoms with Crippen molar-refractivity contribution in [2.24, 2.45) is 13.0 Å². The Labute approximate surface area is 186 Å². The van der Waals surface area contributed by atoms with E-state index in [1.165, 1.54) is 22.9 Å². The molecular weight excluding hydrogens is 431 g/mol.